The molecule has 2 N–H and O–H groups in total. The van der Waals surface area contributed by atoms with Gasteiger partial charge in [0.1, 0.15) is 5.76 Å². The molecule has 7 heteroatoms. The van der Waals surface area contributed by atoms with Gasteiger partial charge in [-0.2, -0.15) is 0 Å². The van der Waals surface area contributed by atoms with Gasteiger partial charge in [0.15, 0.2) is 17.6 Å². The van der Waals surface area contributed by atoms with Crippen molar-refractivity contribution in [3.05, 3.63) is 59.6 Å². The minimum absolute atomic E-state index is 0.338. The van der Waals surface area contributed by atoms with E-state index in [9.17, 15) is 8.78 Å². The molecule has 5 nitrogen and oxygen atoms in total. The van der Waals surface area contributed by atoms with Crippen molar-refractivity contribution in [2.75, 3.05) is 19.6 Å². The van der Waals surface area contributed by atoms with Crippen molar-refractivity contribution >= 4 is 5.96 Å². The molecule has 0 spiro atoms. The van der Waals surface area contributed by atoms with Gasteiger partial charge in [0.25, 0.3) is 0 Å². The predicted molar refractivity (Wildman–Crippen MR) is 115 cm³/mol. The summed E-state index contributed by atoms with van der Waals surface area (Å²) in [6, 6.07) is 8.68. The molecular formula is C23H32F2N4O. The lowest BCUT2D eigenvalue weighted by molar-refractivity contribution is 0.198. The molecule has 1 aromatic carbocycles. The van der Waals surface area contributed by atoms with Crippen LogP contribution in [0.1, 0.15) is 44.4 Å². The van der Waals surface area contributed by atoms with E-state index in [-0.39, 0.29) is 0 Å². The molecule has 0 aliphatic carbocycles. The van der Waals surface area contributed by atoms with Crippen LogP contribution < -0.4 is 10.6 Å². The van der Waals surface area contributed by atoms with Crippen molar-refractivity contribution in [3.8, 4) is 0 Å². The van der Waals surface area contributed by atoms with E-state index in [0.717, 1.165) is 56.1 Å². The summed E-state index contributed by atoms with van der Waals surface area (Å²) >= 11 is 0. The predicted octanol–water partition coefficient (Wildman–Crippen LogP) is 4.10. The topological polar surface area (TPSA) is 52.8 Å². The lowest BCUT2D eigenvalue weighted by atomic mass is 10.0. The smallest absolute Gasteiger partial charge is 0.191 e. The molecule has 1 aromatic heterocycles. The van der Waals surface area contributed by atoms with Crippen LogP contribution in [0.5, 0.6) is 0 Å². The Bertz CT molecular complexity index is 802. The molecule has 2 heterocycles. The summed E-state index contributed by atoms with van der Waals surface area (Å²) in [7, 11) is 0. The lowest BCUT2D eigenvalue weighted by Crippen LogP contribution is -2.50. The highest BCUT2D eigenvalue weighted by Crippen LogP contribution is 2.16. The van der Waals surface area contributed by atoms with Gasteiger partial charge in [-0.05, 0) is 56.0 Å². The van der Waals surface area contributed by atoms with E-state index < -0.39 is 11.6 Å². The number of furan rings is 1. The highest BCUT2D eigenvalue weighted by molar-refractivity contribution is 5.80. The zero-order valence-electron chi connectivity index (χ0n) is 17.8. The van der Waals surface area contributed by atoms with Gasteiger partial charge in [0.2, 0.25) is 0 Å². The second-order valence-electron chi connectivity index (χ2n) is 7.96. The van der Waals surface area contributed by atoms with Crippen LogP contribution in [0, 0.1) is 11.6 Å². The summed E-state index contributed by atoms with van der Waals surface area (Å²) in [6.07, 6.45) is 5.43. The Hall–Kier alpha value is -2.41. The molecule has 30 heavy (non-hydrogen) atoms. The van der Waals surface area contributed by atoms with Crippen molar-refractivity contribution < 1.29 is 13.2 Å². The maximum Gasteiger partial charge on any atom is 0.191 e. The van der Waals surface area contributed by atoms with Crippen LogP contribution >= 0.6 is 0 Å². The number of rotatable bonds is 8. The van der Waals surface area contributed by atoms with E-state index in [0.29, 0.717) is 25.2 Å². The molecule has 164 valence electrons. The van der Waals surface area contributed by atoms with Gasteiger partial charge >= 0.3 is 0 Å². The first-order valence-corrected chi connectivity index (χ1v) is 10.8. The fraction of sp³-hybridized carbons (Fsp3) is 0.522. The number of halogens is 2. The van der Waals surface area contributed by atoms with E-state index in [4.69, 9.17) is 9.41 Å². The van der Waals surface area contributed by atoms with Crippen LogP contribution in [-0.2, 0) is 13.0 Å². The first-order chi connectivity index (χ1) is 14.5. The third-order valence-electron chi connectivity index (χ3n) is 5.52. The first kappa shape index (κ1) is 22.3. The van der Waals surface area contributed by atoms with E-state index in [2.05, 4.69) is 29.4 Å². The summed E-state index contributed by atoms with van der Waals surface area (Å²) in [4.78, 5) is 7.01. The number of aliphatic imine (C=N–C) groups is 1. The molecule has 1 atom stereocenters. The van der Waals surface area contributed by atoms with E-state index in [1.54, 1.807) is 12.3 Å². The van der Waals surface area contributed by atoms with Crippen LogP contribution in [0.4, 0.5) is 8.78 Å². The molecule has 3 rings (SSSR count). The number of nitrogens with zero attached hydrogens (tertiary/aromatic N) is 2. The van der Waals surface area contributed by atoms with Gasteiger partial charge in [-0.25, -0.2) is 8.78 Å². The van der Waals surface area contributed by atoms with Crippen LogP contribution in [0.25, 0.3) is 0 Å². The third kappa shape index (κ3) is 6.83. The van der Waals surface area contributed by atoms with E-state index >= 15 is 0 Å². The number of nitrogens with one attached hydrogen (secondary N) is 2. The Labute approximate surface area is 177 Å². The number of hydrogen-bond donors (Lipinski definition) is 2. The molecule has 1 unspecified atom stereocenters. The van der Waals surface area contributed by atoms with Gasteiger partial charge in [-0.3, -0.25) is 9.89 Å². The molecule has 1 saturated heterocycles. The number of hydrogen-bond acceptors (Lipinski definition) is 3. The Balaban J connectivity index is 1.49. The molecule has 2 aromatic rings. The van der Waals surface area contributed by atoms with Gasteiger partial charge < -0.3 is 15.1 Å². The van der Waals surface area contributed by atoms with E-state index in [1.165, 1.54) is 12.1 Å². The molecule has 0 saturated carbocycles. The van der Waals surface area contributed by atoms with E-state index in [1.807, 2.05) is 12.1 Å². The molecule has 0 bridgehead atoms. The summed E-state index contributed by atoms with van der Waals surface area (Å²) in [5, 5.41) is 7.05. The molecule has 0 radical (unpaired) electrons. The molecule has 1 fully saturated rings. The van der Waals surface area contributed by atoms with Crippen LogP contribution in [0.2, 0.25) is 0 Å². The normalized spacial score (nSPS) is 17.1. The standard InChI is InChI=1S/C23H32F2N4O/c1-3-17(2)27-23(26-11-8-20-5-4-14-30-20)28-19-9-12-29(13-10-19)16-18-6-7-21(24)22(25)15-18/h4-7,14-15,17,19H,3,8-13,16H2,1-2H3,(H2,26,27,28). The maximum atomic E-state index is 13.4. The average molecular weight is 419 g/mol. The molecule has 1 aliphatic heterocycles. The third-order valence-corrected chi connectivity index (χ3v) is 5.52. The zero-order valence-corrected chi connectivity index (χ0v) is 17.8. The summed E-state index contributed by atoms with van der Waals surface area (Å²) in [5.74, 6) is 0.201. The number of likely N-dealkylation sites (tertiary alicyclic amines) is 1. The minimum Gasteiger partial charge on any atom is -0.469 e. The Morgan fingerprint density at radius 2 is 2.03 bits per heavy atom. The van der Waals surface area contributed by atoms with Crippen LogP contribution in [0.3, 0.4) is 0 Å². The Morgan fingerprint density at radius 1 is 1.23 bits per heavy atom. The van der Waals surface area contributed by atoms with Crippen molar-refractivity contribution in [1.29, 1.82) is 0 Å². The summed E-state index contributed by atoms with van der Waals surface area (Å²) in [6.45, 7) is 7.40. The highest BCUT2D eigenvalue weighted by Gasteiger charge is 2.21. The lowest BCUT2D eigenvalue weighted by Gasteiger charge is -2.33. The first-order valence-electron chi connectivity index (χ1n) is 10.8. The van der Waals surface area contributed by atoms with Gasteiger partial charge in [-0.1, -0.05) is 13.0 Å². The molecule has 1 aliphatic rings. The quantitative estimate of drug-likeness (QED) is 0.501. The SMILES string of the molecule is CCC(C)NC(=NCCc1ccco1)NC1CCN(Cc2ccc(F)c(F)c2)CC1. The van der Waals surface area contributed by atoms with Crippen molar-refractivity contribution in [2.24, 2.45) is 4.99 Å². The summed E-state index contributed by atoms with van der Waals surface area (Å²) in [5.41, 5.74) is 0.805. The largest absolute Gasteiger partial charge is 0.469 e. The highest BCUT2D eigenvalue weighted by atomic mass is 19.2. The second-order valence-corrected chi connectivity index (χ2v) is 7.96. The van der Waals surface area contributed by atoms with Crippen LogP contribution in [0.15, 0.2) is 46.0 Å². The van der Waals surface area contributed by atoms with Crippen molar-refractivity contribution in [3.63, 3.8) is 0 Å². The number of guanidine groups is 1. The monoisotopic (exact) mass is 418 g/mol. The van der Waals surface area contributed by atoms with Crippen LogP contribution in [-0.4, -0.2) is 42.6 Å². The maximum absolute atomic E-state index is 13.4. The Morgan fingerprint density at radius 3 is 2.70 bits per heavy atom. The summed E-state index contributed by atoms with van der Waals surface area (Å²) < 4.78 is 31.9. The number of piperidine rings is 1. The fourth-order valence-electron chi connectivity index (χ4n) is 3.53. The van der Waals surface area contributed by atoms with Gasteiger partial charge in [-0.15, -0.1) is 0 Å². The average Bonchev–Trinajstić information content (AvgIpc) is 3.25. The number of benzene rings is 1. The van der Waals surface area contributed by atoms with Gasteiger partial charge in [0.05, 0.1) is 6.26 Å². The van der Waals surface area contributed by atoms with Crippen molar-refractivity contribution in [1.82, 2.24) is 15.5 Å². The van der Waals surface area contributed by atoms with Gasteiger partial charge in [0, 0.05) is 44.7 Å². The fourth-order valence-corrected chi connectivity index (χ4v) is 3.53. The Kier molecular flexibility index (Phi) is 8.25. The van der Waals surface area contributed by atoms with Crippen molar-refractivity contribution in [2.45, 2.75) is 58.2 Å². The zero-order chi connectivity index (χ0) is 21.3. The molecule has 0 amide bonds. The minimum atomic E-state index is -0.797. The molecular weight excluding hydrogens is 386 g/mol. The second kappa shape index (κ2) is 11.1.